The van der Waals surface area contributed by atoms with Gasteiger partial charge in [-0.25, -0.2) is 0 Å². The predicted molar refractivity (Wildman–Crippen MR) is 108 cm³/mol. The molecule has 1 aliphatic rings. The SMILES string of the molecule is COc1ccc(OC[C@@H]2CCCN(C(=O)CN(C)Cc3ccncc3)C2)cc1. The number of rotatable bonds is 8. The van der Waals surface area contributed by atoms with Crippen molar-refractivity contribution in [1.82, 2.24) is 14.8 Å². The van der Waals surface area contributed by atoms with Crippen molar-refractivity contribution in [1.29, 1.82) is 0 Å². The number of piperidine rings is 1. The van der Waals surface area contributed by atoms with Gasteiger partial charge in [-0.2, -0.15) is 0 Å². The first-order valence-corrected chi connectivity index (χ1v) is 9.76. The van der Waals surface area contributed by atoms with Crippen molar-refractivity contribution in [3.8, 4) is 11.5 Å². The lowest BCUT2D eigenvalue weighted by Gasteiger charge is -2.33. The molecule has 0 saturated carbocycles. The summed E-state index contributed by atoms with van der Waals surface area (Å²) in [5.41, 5.74) is 1.16. The van der Waals surface area contributed by atoms with Gasteiger partial charge in [0.15, 0.2) is 0 Å². The van der Waals surface area contributed by atoms with Crippen LogP contribution >= 0.6 is 0 Å². The van der Waals surface area contributed by atoms with Crippen LogP contribution in [0.25, 0.3) is 0 Å². The molecule has 1 saturated heterocycles. The first kappa shape index (κ1) is 20.1. The molecule has 1 fully saturated rings. The molecule has 0 spiro atoms. The number of carbonyl (C=O) groups is 1. The van der Waals surface area contributed by atoms with Crippen molar-refractivity contribution >= 4 is 5.91 Å². The summed E-state index contributed by atoms with van der Waals surface area (Å²) in [6.45, 7) is 3.39. The van der Waals surface area contributed by atoms with Gasteiger partial charge in [0, 0.05) is 37.9 Å². The molecular formula is C22H29N3O3. The predicted octanol–water partition coefficient (Wildman–Crippen LogP) is 2.84. The molecule has 3 rings (SSSR count). The number of methoxy groups -OCH3 is 1. The third kappa shape index (κ3) is 5.96. The van der Waals surface area contributed by atoms with Gasteiger partial charge >= 0.3 is 0 Å². The van der Waals surface area contributed by atoms with E-state index < -0.39 is 0 Å². The van der Waals surface area contributed by atoms with Crippen molar-refractivity contribution in [3.63, 3.8) is 0 Å². The van der Waals surface area contributed by atoms with Crippen LogP contribution in [0.2, 0.25) is 0 Å². The van der Waals surface area contributed by atoms with E-state index in [-0.39, 0.29) is 5.91 Å². The molecule has 0 radical (unpaired) electrons. The lowest BCUT2D eigenvalue weighted by Crippen LogP contribution is -2.45. The summed E-state index contributed by atoms with van der Waals surface area (Å²) < 4.78 is 11.1. The molecule has 28 heavy (non-hydrogen) atoms. The highest BCUT2D eigenvalue weighted by Gasteiger charge is 2.24. The highest BCUT2D eigenvalue weighted by molar-refractivity contribution is 5.78. The topological polar surface area (TPSA) is 54.9 Å². The summed E-state index contributed by atoms with van der Waals surface area (Å²) in [6, 6.07) is 11.6. The Kier molecular flexibility index (Phi) is 7.25. The zero-order valence-corrected chi connectivity index (χ0v) is 16.7. The van der Waals surface area contributed by atoms with E-state index in [2.05, 4.69) is 9.88 Å². The molecular weight excluding hydrogens is 354 g/mol. The molecule has 0 N–H and O–H groups in total. The van der Waals surface area contributed by atoms with E-state index in [9.17, 15) is 4.79 Å². The number of likely N-dealkylation sites (N-methyl/N-ethyl adjacent to an activating group) is 1. The normalized spacial score (nSPS) is 16.8. The lowest BCUT2D eigenvalue weighted by atomic mass is 9.99. The average Bonchev–Trinajstić information content (AvgIpc) is 2.73. The summed E-state index contributed by atoms with van der Waals surface area (Å²) in [4.78, 5) is 20.8. The summed E-state index contributed by atoms with van der Waals surface area (Å²) in [7, 11) is 3.63. The van der Waals surface area contributed by atoms with Gasteiger partial charge in [-0.1, -0.05) is 0 Å². The second-order valence-electron chi connectivity index (χ2n) is 7.36. The maximum absolute atomic E-state index is 12.7. The van der Waals surface area contributed by atoms with Gasteiger partial charge in [0.1, 0.15) is 11.5 Å². The smallest absolute Gasteiger partial charge is 0.236 e. The minimum Gasteiger partial charge on any atom is -0.497 e. The van der Waals surface area contributed by atoms with Crippen LogP contribution in [0.15, 0.2) is 48.8 Å². The zero-order chi connectivity index (χ0) is 19.8. The van der Waals surface area contributed by atoms with Crippen LogP contribution in [0.1, 0.15) is 18.4 Å². The molecule has 0 bridgehead atoms. The first-order valence-electron chi connectivity index (χ1n) is 9.76. The Labute approximate surface area is 167 Å². The Morgan fingerprint density at radius 2 is 1.89 bits per heavy atom. The van der Waals surface area contributed by atoms with E-state index in [0.29, 0.717) is 19.1 Å². The standard InChI is InChI=1S/C22H29N3O3/c1-24(14-18-9-11-23-12-10-18)16-22(26)25-13-3-4-19(15-25)17-28-21-7-5-20(27-2)6-8-21/h5-12,19H,3-4,13-17H2,1-2H3/t19-/m1/s1. The monoisotopic (exact) mass is 383 g/mol. The number of likely N-dealkylation sites (tertiary alicyclic amines) is 1. The number of ether oxygens (including phenoxy) is 2. The van der Waals surface area contributed by atoms with Crippen LogP contribution < -0.4 is 9.47 Å². The van der Waals surface area contributed by atoms with Crippen molar-refractivity contribution < 1.29 is 14.3 Å². The fraction of sp³-hybridized carbons (Fsp3) is 0.455. The Morgan fingerprint density at radius 3 is 2.61 bits per heavy atom. The number of hydrogen-bond acceptors (Lipinski definition) is 5. The fourth-order valence-electron chi connectivity index (χ4n) is 3.50. The van der Waals surface area contributed by atoms with Gasteiger partial charge in [0.2, 0.25) is 5.91 Å². The molecule has 1 atom stereocenters. The molecule has 6 heteroatoms. The van der Waals surface area contributed by atoms with E-state index >= 15 is 0 Å². The molecule has 6 nitrogen and oxygen atoms in total. The van der Waals surface area contributed by atoms with Crippen LogP contribution in [0.5, 0.6) is 11.5 Å². The number of carbonyl (C=O) groups excluding carboxylic acids is 1. The third-order valence-electron chi connectivity index (χ3n) is 5.02. The van der Waals surface area contributed by atoms with Crippen molar-refractivity contribution in [2.75, 3.05) is 40.4 Å². The van der Waals surface area contributed by atoms with Crippen LogP contribution in [0.3, 0.4) is 0 Å². The maximum atomic E-state index is 12.7. The van der Waals surface area contributed by atoms with E-state index in [4.69, 9.17) is 9.47 Å². The minimum atomic E-state index is 0.186. The Bertz CT molecular complexity index is 736. The van der Waals surface area contributed by atoms with Crippen LogP contribution in [-0.2, 0) is 11.3 Å². The van der Waals surface area contributed by atoms with Gasteiger partial charge in [-0.3, -0.25) is 14.7 Å². The molecule has 1 aromatic heterocycles. The quantitative estimate of drug-likeness (QED) is 0.702. The Morgan fingerprint density at radius 1 is 1.18 bits per heavy atom. The van der Waals surface area contributed by atoms with Crippen LogP contribution in [-0.4, -0.2) is 61.1 Å². The van der Waals surface area contributed by atoms with Crippen molar-refractivity contribution in [2.45, 2.75) is 19.4 Å². The molecule has 1 aromatic carbocycles. The molecule has 0 aliphatic carbocycles. The summed E-state index contributed by atoms with van der Waals surface area (Å²) in [6.07, 6.45) is 5.68. The average molecular weight is 383 g/mol. The number of hydrogen-bond donors (Lipinski definition) is 0. The Balaban J connectivity index is 1.44. The summed E-state index contributed by atoms with van der Waals surface area (Å²) >= 11 is 0. The van der Waals surface area contributed by atoms with Gasteiger partial charge in [0.05, 0.1) is 20.3 Å². The number of amides is 1. The minimum absolute atomic E-state index is 0.186. The molecule has 1 amide bonds. The van der Waals surface area contributed by atoms with Crippen LogP contribution in [0, 0.1) is 5.92 Å². The number of benzene rings is 1. The first-order chi connectivity index (χ1) is 13.6. The highest BCUT2D eigenvalue weighted by atomic mass is 16.5. The van der Waals surface area contributed by atoms with Gasteiger partial charge in [-0.15, -0.1) is 0 Å². The van der Waals surface area contributed by atoms with Crippen molar-refractivity contribution in [3.05, 3.63) is 54.4 Å². The van der Waals surface area contributed by atoms with Crippen LogP contribution in [0.4, 0.5) is 0 Å². The van der Waals surface area contributed by atoms with E-state index in [1.54, 1.807) is 19.5 Å². The number of nitrogens with zero attached hydrogens (tertiary/aromatic N) is 3. The number of pyridine rings is 1. The molecule has 0 unspecified atom stereocenters. The van der Waals surface area contributed by atoms with Gasteiger partial charge < -0.3 is 14.4 Å². The van der Waals surface area contributed by atoms with E-state index in [1.165, 1.54) is 0 Å². The summed E-state index contributed by atoms with van der Waals surface area (Å²) in [5, 5.41) is 0. The van der Waals surface area contributed by atoms with Gasteiger partial charge in [0.25, 0.3) is 0 Å². The molecule has 2 aromatic rings. The second-order valence-corrected chi connectivity index (χ2v) is 7.36. The third-order valence-corrected chi connectivity index (χ3v) is 5.02. The van der Waals surface area contributed by atoms with Gasteiger partial charge in [-0.05, 0) is 61.9 Å². The lowest BCUT2D eigenvalue weighted by molar-refractivity contribution is -0.134. The van der Waals surface area contributed by atoms with Crippen molar-refractivity contribution in [2.24, 2.45) is 5.92 Å². The maximum Gasteiger partial charge on any atom is 0.236 e. The molecule has 150 valence electrons. The molecule has 2 heterocycles. The van der Waals surface area contributed by atoms with E-state index in [0.717, 1.165) is 49.5 Å². The Hall–Kier alpha value is -2.60. The zero-order valence-electron chi connectivity index (χ0n) is 16.7. The van der Waals surface area contributed by atoms with E-state index in [1.807, 2.05) is 48.3 Å². The summed E-state index contributed by atoms with van der Waals surface area (Å²) in [5.74, 6) is 2.20. The largest absolute Gasteiger partial charge is 0.497 e. The highest BCUT2D eigenvalue weighted by Crippen LogP contribution is 2.21. The fourth-order valence-corrected chi connectivity index (χ4v) is 3.50. The molecule has 1 aliphatic heterocycles. The number of aromatic nitrogens is 1. The second kappa shape index (κ2) is 10.1.